The summed E-state index contributed by atoms with van der Waals surface area (Å²) in [7, 11) is 0. The van der Waals surface area contributed by atoms with E-state index >= 15 is 0 Å². The van der Waals surface area contributed by atoms with E-state index in [4.69, 9.17) is 16.0 Å². The molecule has 0 aliphatic carbocycles. The van der Waals surface area contributed by atoms with Gasteiger partial charge in [-0.15, -0.1) is 10.2 Å². The molecule has 21 heavy (non-hydrogen) atoms. The summed E-state index contributed by atoms with van der Waals surface area (Å²) in [5.41, 5.74) is 1.54. The topological polar surface area (TPSA) is 51.0 Å². The highest BCUT2D eigenvalue weighted by molar-refractivity contribution is 6.31. The van der Waals surface area contributed by atoms with E-state index in [-0.39, 0.29) is 5.02 Å². The number of nitrogens with one attached hydrogen (secondary N) is 1. The van der Waals surface area contributed by atoms with Gasteiger partial charge in [0.05, 0.1) is 11.6 Å². The van der Waals surface area contributed by atoms with Crippen LogP contribution >= 0.6 is 11.6 Å². The summed E-state index contributed by atoms with van der Waals surface area (Å²) in [4.78, 5) is 0. The zero-order valence-electron chi connectivity index (χ0n) is 10.9. The Hall–Kier alpha value is -2.40. The zero-order valence-corrected chi connectivity index (χ0v) is 11.6. The van der Waals surface area contributed by atoms with Crippen molar-refractivity contribution < 1.29 is 8.81 Å². The summed E-state index contributed by atoms with van der Waals surface area (Å²) in [5.74, 6) is 0.449. The molecule has 0 amide bonds. The van der Waals surface area contributed by atoms with E-state index < -0.39 is 5.82 Å². The molecule has 2 aromatic carbocycles. The molecular weight excluding hydrogens is 293 g/mol. The molecule has 0 aliphatic rings. The highest BCUT2D eigenvalue weighted by Crippen LogP contribution is 2.21. The molecule has 106 valence electrons. The van der Waals surface area contributed by atoms with Gasteiger partial charge in [0.25, 0.3) is 0 Å². The van der Waals surface area contributed by atoms with E-state index in [9.17, 15) is 4.39 Å². The van der Waals surface area contributed by atoms with Crippen molar-refractivity contribution in [3.63, 3.8) is 0 Å². The second kappa shape index (κ2) is 5.93. The van der Waals surface area contributed by atoms with Gasteiger partial charge >= 0.3 is 0 Å². The first-order chi connectivity index (χ1) is 10.2. The molecule has 0 radical (unpaired) electrons. The molecule has 0 spiro atoms. The van der Waals surface area contributed by atoms with Crippen LogP contribution in [0.3, 0.4) is 0 Å². The number of benzene rings is 2. The van der Waals surface area contributed by atoms with Crippen LogP contribution < -0.4 is 5.32 Å². The molecule has 0 fully saturated rings. The van der Waals surface area contributed by atoms with Crippen LogP contribution in [-0.2, 0) is 6.54 Å². The lowest BCUT2D eigenvalue weighted by Gasteiger charge is -2.04. The Kier molecular flexibility index (Phi) is 3.83. The monoisotopic (exact) mass is 303 g/mol. The zero-order chi connectivity index (χ0) is 14.7. The van der Waals surface area contributed by atoms with Crippen molar-refractivity contribution >= 4 is 17.3 Å². The summed E-state index contributed by atoms with van der Waals surface area (Å²) in [6.07, 6.45) is 0. The first-order valence-electron chi connectivity index (χ1n) is 6.29. The quantitative estimate of drug-likeness (QED) is 0.787. The van der Waals surface area contributed by atoms with Crippen LogP contribution in [0.5, 0.6) is 0 Å². The summed E-state index contributed by atoms with van der Waals surface area (Å²) >= 11 is 5.71. The highest BCUT2D eigenvalue weighted by atomic mass is 35.5. The minimum Gasteiger partial charge on any atom is -0.419 e. The van der Waals surface area contributed by atoms with E-state index in [1.807, 2.05) is 30.3 Å². The van der Waals surface area contributed by atoms with Crippen LogP contribution in [0.1, 0.15) is 5.89 Å². The van der Waals surface area contributed by atoms with Crippen LogP contribution in [-0.4, -0.2) is 10.2 Å². The number of hydrogen-bond donors (Lipinski definition) is 1. The Morgan fingerprint density at radius 3 is 2.67 bits per heavy atom. The number of hydrogen-bond acceptors (Lipinski definition) is 4. The third-order valence-electron chi connectivity index (χ3n) is 2.85. The molecule has 0 unspecified atom stereocenters. The van der Waals surface area contributed by atoms with Gasteiger partial charge in [-0.25, -0.2) is 4.39 Å². The fourth-order valence-corrected chi connectivity index (χ4v) is 1.99. The summed E-state index contributed by atoms with van der Waals surface area (Å²) in [5, 5.41) is 11.1. The maximum atomic E-state index is 13.1. The molecule has 4 nitrogen and oxygen atoms in total. The molecule has 0 saturated heterocycles. The first kappa shape index (κ1) is 13.6. The molecule has 0 bridgehead atoms. The SMILES string of the molecule is Fc1ccc(NCc2nnc(-c3ccccc3)o2)cc1Cl. The molecule has 3 rings (SSSR count). The predicted octanol–water partition coefficient (Wildman–Crippen LogP) is 4.14. The van der Waals surface area contributed by atoms with Crippen LogP contribution in [0.25, 0.3) is 11.5 Å². The Bertz CT molecular complexity index is 746. The fourth-order valence-electron chi connectivity index (χ4n) is 1.81. The lowest BCUT2D eigenvalue weighted by molar-refractivity contribution is 0.515. The van der Waals surface area contributed by atoms with Gasteiger partial charge in [-0.05, 0) is 30.3 Å². The van der Waals surface area contributed by atoms with Gasteiger partial charge in [0.1, 0.15) is 5.82 Å². The molecule has 0 aliphatic heterocycles. The molecule has 1 heterocycles. The fraction of sp³-hybridized carbons (Fsp3) is 0.0667. The molecule has 0 atom stereocenters. The molecule has 0 saturated carbocycles. The summed E-state index contributed by atoms with van der Waals surface area (Å²) < 4.78 is 18.6. The maximum absolute atomic E-state index is 13.1. The van der Waals surface area contributed by atoms with Gasteiger partial charge in [-0.3, -0.25) is 0 Å². The third-order valence-corrected chi connectivity index (χ3v) is 3.14. The normalized spacial score (nSPS) is 10.6. The third kappa shape index (κ3) is 3.20. The van der Waals surface area contributed by atoms with Gasteiger partial charge in [0, 0.05) is 11.3 Å². The van der Waals surface area contributed by atoms with Crippen molar-refractivity contribution in [2.24, 2.45) is 0 Å². The van der Waals surface area contributed by atoms with E-state index in [1.54, 1.807) is 6.07 Å². The Morgan fingerprint density at radius 1 is 1.10 bits per heavy atom. The number of halogens is 2. The maximum Gasteiger partial charge on any atom is 0.247 e. The lowest BCUT2D eigenvalue weighted by Crippen LogP contribution is -1.99. The standard InChI is InChI=1S/C15H11ClFN3O/c16-12-8-11(6-7-13(12)17)18-9-14-19-20-15(21-14)10-4-2-1-3-5-10/h1-8,18H,9H2. The van der Waals surface area contributed by atoms with E-state index in [0.717, 1.165) is 5.56 Å². The van der Waals surface area contributed by atoms with Gasteiger partial charge in [0.2, 0.25) is 11.8 Å². The van der Waals surface area contributed by atoms with Gasteiger partial charge in [-0.2, -0.15) is 0 Å². The molecule has 1 N–H and O–H groups in total. The van der Waals surface area contributed by atoms with E-state index in [2.05, 4.69) is 15.5 Å². The second-order valence-electron chi connectivity index (χ2n) is 4.35. The lowest BCUT2D eigenvalue weighted by atomic mass is 10.2. The Balaban J connectivity index is 1.69. The van der Waals surface area contributed by atoms with Crippen LogP contribution in [0.4, 0.5) is 10.1 Å². The van der Waals surface area contributed by atoms with Crippen LogP contribution in [0.15, 0.2) is 52.9 Å². The van der Waals surface area contributed by atoms with Crippen molar-refractivity contribution in [3.05, 3.63) is 65.3 Å². The van der Waals surface area contributed by atoms with Gasteiger partial charge in [-0.1, -0.05) is 29.8 Å². The first-order valence-corrected chi connectivity index (χ1v) is 6.67. The average molecular weight is 304 g/mol. The number of nitrogens with zero attached hydrogens (tertiary/aromatic N) is 2. The Morgan fingerprint density at radius 2 is 1.90 bits per heavy atom. The molecular formula is C15H11ClFN3O. The van der Waals surface area contributed by atoms with Crippen molar-refractivity contribution in [2.75, 3.05) is 5.32 Å². The molecule has 3 aromatic rings. The number of anilines is 1. The average Bonchev–Trinajstić information content (AvgIpc) is 2.98. The smallest absolute Gasteiger partial charge is 0.247 e. The van der Waals surface area contributed by atoms with E-state index in [1.165, 1.54) is 12.1 Å². The van der Waals surface area contributed by atoms with Gasteiger partial charge in [0.15, 0.2) is 0 Å². The number of rotatable bonds is 4. The van der Waals surface area contributed by atoms with Gasteiger partial charge < -0.3 is 9.73 Å². The van der Waals surface area contributed by atoms with Crippen molar-refractivity contribution in [1.29, 1.82) is 0 Å². The molecule has 1 aromatic heterocycles. The van der Waals surface area contributed by atoms with Crippen LogP contribution in [0, 0.1) is 5.82 Å². The van der Waals surface area contributed by atoms with Crippen molar-refractivity contribution in [1.82, 2.24) is 10.2 Å². The summed E-state index contributed by atoms with van der Waals surface area (Å²) in [6.45, 7) is 0.335. The summed E-state index contributed by atoms with van der Waals surface area (Å²) in [6, 6.07) is 13.9. The number of aromatic nitrogens is 2. The minimum absolute atomic E-state index is 0.0653. The van der Waals surface area contributed by atoms with E-state index in [0.29, 0.717) is 24.0 Å². The van der Waals surface area contributed by atoms with Crippen molar-refractivity contribution in [2.45, 2.75) is 6.54 Å². The molecule has 6 heteroatoms. The minimum atomic E-state index is -0.452. The Labute approximate surface area is 125 Å². The van der Waals surface area contributed by atoms with Crippen LogP contribution in [0.2, 0.25) is 5.02 Å². The predicted molar refractivity (Wildman–Crippen MR) is 78.5 cm³/mol. The largest absolute Gasteiger partial charge is 0.419 e. The van der Waals surface area contributed by atoms with Crippen molar-refractivity contribution in [3.8, 4) is 11.5 Å². The highest BCUT2D eigenvalue weighted by Gasteiger charge is 2.08. The second-order valence-corrected chi connectivity index (χ2v) is 4.76.